The highest BCUT2D eigenvalue weighted by Gasteiger charge is 2.25. The standard InChI is InChI=1S/C17H24N4S/c1-19(16-6-4-3-5-7-16)8-9-21-10-11-22-14-17(21)15-12-18-20(2)13-15/h3-7,12-13,17H,8-11,14H2,1-2H3/t17-/m0/s1. The van der Waals surface area contributed by atoms with E-state index in [1.807, 2.05) is 29.7 Å². The summed E-state index contributed by atoms with van der Waals surface area (Å²) in [6.45, 7) is 3.30. The van der Waals surface area contributed by atoms with Crippen LogP contribution in [0.2, 0.25) is 0 Å². The molecule has 0 saturated carbocycles. The summed E-state index contributed by atoms with van der Waals surface area (Å²) in [5.41, 5.74) is 2.63. The summed E-state index contributed by atoms with van der Waals surface area (Å²) in [5.74, 6) is 2.40. The molecule has 2 heterocycles. The number of hydrogen-bond acceptors (Lipinski definition) is 4. The van der Waals surface area contributed by atoms with Crippen molar-refractivity contribution in [3.63, 3.8) is 0 Å². The van der Waals surface area contributed by atoms with Crippen molar-refractivity contribution in [2.75, 3.05) is 43.1 Å². The second-order valence-corrected chi connectivity index (χ2v) is 6.98. The van der Waals surface area contributed by atoms with Gasteiger partial charge in [0.2, 0.25) is 0 Å². The smallest absolute Gasteiger partial charge is 0.0537 e. The van der Waals surface area contributed by atoms with Crippen molar-refractivity contribution in [1.29, 1.82) is 0 Å². The quantitative estimate of drug-likeness (QED) is 0.846. The number of aryl methyl sites for hydroxylation is 1. The van der Waals surface area contributed by atoms with E-state index in [0.717, 1.165) is 19.6 Å². The first-order chi connectivity index (χ1) is 10.7. The molecule has 118 valence electrons. The summed E-state index contributed by atoms with van der Waals surface area (Å²) >= 11 is 2.05. The lowest BCUT2D eigenvalue weighted by Crippen LogP contribution is -2.40. The molecular weight excluding hydrogens is 292 g/mol. The van der Waals surface area contributed by atoms with Gasteiger partial charge in [0.25, 0.3) is 0 Å². The maximum Gasteiger partial charge on any atom is 0.0537 e. The zero-order valence-corrected chi connectivity index (χ0v) is 14.2. The Morgan fingerprint density at radius 3 is 2.86 bits per heavy atom. The minimum absolute atomic E-state index is 0.497. The second-order valence-electron chi connectivity index (χ2n) is 5.83. The number of benzene rings is 1. The van der Waals surface area contributed by atoms with Crippen LogP contribution in [-0.4, -0.2) is 52.9 Å². The van der Waals surface area contributed by atoms with E-state index >= 15 is 0 Å². The maximum absolute atomic E-state index is 4.34. The Balaban J connectivity index is 1.62. The van der Waals surface area contributed by atoms with Crippen LogP contribution in [0.3, 0.4) is 0 Å². The van der Waals surface area contributed by atoms with Gasteiger partial charge in [0.15, 0.2) is 0 Å². The van der Waals surface area contributed by atoms with E-state index in [0.29, 0.717) is 6.04 Å². The highest BCUT2D eigenvalue weighted by atomic mass is 32.2. The molecule has 0 bridgehead atoms. The predicted octanol–water partition coefficient (Wildman–Crippen LogP) is 2.65. The number of nitrogens with zero attached hydrogens (tertiary/aromatic N) is 4. The van der Waals surface area contributed by atoms with Crippen LogP contribution in [0.15, 0.2) is 42.7 Å². The van der Waals surface area contributed by atoms with E-state index in [4.69, 9.17) is 0 Å². The molecule has 0 amide bonds. The van der Waals surface area contributed by atoms with Crippen LogP contribution in [-0.2, 0) is 7.05 Å². The van der Waals surface area contributed by atoms with Crippen LogP contribution >= 0.6 is 11.8 Å². The fourth-order valence-corrected chi connectivity index (χ4v) is 4.07. The monoisotopic (exact) mass is 316 g/mol. The van der Waals surface area contributed by atoms with Gasteiger partial charge >= 0.3 is 0 Å². The number of rotatable bonds is 5. The summed E-state index contributed by atoms with van der Waals surface area (Å²) in [6, 6.07) is 11.1. The van der Waals surface area contributed by atoms with Crippen molar-refractivity contribution < 1.29 is 0 Å². The van der Waals surface area contributed by atoms with Crippen molar-refractivity contribution in [2.24, 2.45) is 7.05 Å². The van der Waals surface area contributed by atoms with Crippen LogP contribution in [0.4, 0.5) is 5.69 Å². The lowest BCUT2D eigenvalue weighted by molar-refractivity contribution is 0.226. The summed E-state index contributed by atoms with van der Waals surface area (Å²) in [5, 5.41) is 4.34. The van der Waals surface area contributed by atoms with Crippen LogP contribution in [0.1, 0.15) is 11.6 Å². The van der Waals surface area contributed by atoms with Gasteiger partial charge in [-0.2, -0.15) is 16.9 Å². The topological polar surface area (TPSA) is 24.3 Å². The van der Waals surface area contributed by atoms with Gasteiger partial charge in [0.05, 0.1) is 6.20 Å². The maximum atomic E-state index is 4.34. The normalized spacial score (nSPS) is 19.3. The number of aromatic nitrogens is 2. The molecule has 0 aliphatic carbocycles. The Hall–Kier alpha value is -1.46. The van der Waals surface area contributed by atoms with Gasteiger partial charge in [0, 0.05) is 68.7 Å². The number of para-hydroxylation sites is 1. The molecule has 2 aromatic rings. The van der Waals surface area contributed by atoms with E-state index in [2.05, 4.69) is 58.5 Å². The molecule has 1 aromatic carbocycles. The average molecular weight is 316 g/mol. The molecule has 1 aliphatic rings. The Bertz CT molecular complexity index is 583. The largest absolute Gasteiger partial charge is 0.373 e. The van der Waals surface area contributed by atoms with Gasteiger partial charge in [-0.15, -0.1) is 0 Å². The molecule has 22 heavy (non-hydrogen) atoms. The molecule has 1 atom stereocenters. The lowest BCUT2D eigenvalue weighted by atomic mass is 10.1. The third kappa shape index (κ3) is 3.65. The van der Waals surface area contributed by atoms with Gasteiger partial charge in [-0.25, -0.2) is 0 Å². The third-order valence-corrected chi connectivity index (χ3v) is 5.29. The van der Waals surface area contributed by atoms with E-state index < -0.39 is 0 Å². The number of thioether (sulfide) groups is 1. The predicted molar refractivity (Wildman–Crippen MR) is 94.6 cm³/mol. The number of anilines is 1. The van der Waals surface area contributed by atoms with Gasteiger partial charge in [0.1, 0.15) is 0 Å². The molecule has 1 saturated heterocycles. The first kappa shape index (κ1) is 15.4. The average Bonchev–Trinajstić information content (AvgIpc) is 3.00. The number of hydrogen-bond donors (Lipinski definition) is 0. The SMILES string of the molecule is CN(CCN1CCSC[C@H]1c1cnn(C)c1)c1ccccc1. The van der Waals surface area contributed by atoms with E-state index in [1.54, 1.807) is 0 Å². The zero-order valence-electron chi connectivity index (χ0n) is 13.4. The van der Waals surface area contributed by atoms with Crippen LogP contribution in [0, 0.1) is 0 Å². The van der Waals surface area contributed by atoms with Crippen LogP contribution in [0.25, 0.3) is 0 Å². The Kier molecular flexibility index (Phi) is 5.05. The fraction of sp³-hybridized carbons (Fsp3) is 0.471. The number of likely N-dealkylation sites (N-methyl/N-ethyl adjacent to an activating group) is 1. The third-order valence-electron chi connectivity index (χ3n) is 4.27. The lowest BCUT2D eigenvalue weighted by Gasteiger charge is -2.36. The minimum Gasteiger partial charge on any atom is -0.373 e. The summed E-state index contributed by atoms with van der Waals surface area (Å²) in [6.07, 6.45) is 4.18. The van der Waals surface area contributed by atoms with Gasteiger partial charge in [-0.05, 0) is 12.1 Å². The summed E-state index contributed by atoms with van der Waals surface area (Å²) < 4.78 is 1.91. The van der Waals surface area contributed by atoms with Gasteiger partial charge in [-0.3, -0.25) is 9.58 Å². The van der Waals surface area contributed by atoms with Gasteiger partial charge < -0.3 is 4.90 Å². The molecule has 5 heteroatoms. The van der Waals surface area contributed by atoms with Crippen LogP contribution < -0.4 is 4.90 Å². The molecule has 3 rings (SSSR count). The Morgan fingerprint density at radius 2 is 2.14 bits per heavy atom. The fourth-order valence-electron chi connectivity index (χ4n) is 2.91. The molecule has 0 radical (unpaired) electrons. The summed E-state index contributed by atoms with van der Waals surface area (Å²) in [7, 11) is 4.17. The van der Waals surface area contributed by atoms with E-state index in [1.165, 1.54) is 22.8 Å². The second kappa shape index (κ2) is 7.20. The summed E-state index contributed by atoms with van der Waals surface area (Å²) in [4.78, 5) is 4.94. The minimum atomic E-state index is 0.497. The molecular formula is C17H24N4S. The molecule has 1 aromatic heterocycles. The van der Waals surface area contributed by atoms with Crippen molar-refractivity contribution in [3.8, 4) is 0 Å². The van der Waals surface area contributed by atoms with E-state index in [-0.39, 0.29) is 0 Å². The van der Waals surface area contributed by atoms with Crippen molar-refractivity contribution in [1.82, 2.24) is 14.7 Å². The first-order valence-electron chi connectivity index (χ1n) is 7.80. The van der Waals surface area contributed by atoms with E-state index in [9.17, 15) is 0 Å². The van der Waals surface area contributed by atoms with Crippen molar-refractivity contribution >= 4 is 17.4 Å². The highest BCUT2D eigenvalue weighted by Crippen LogP contribution is 2.29. The zero-order chi connectivity index (χ0) is 15.4. The molecule has 4 nitrogen and oxygen atoms in total. The molecule has 0 spiro atoms. The van der Waals surface area contributed by atoms with Crippen molar-refractivity contribution in [3.05, 3.63) is 48.3 Å². The molecule has 0 unspecified atom stereocenters. The molecule has 0 N–H and O–H groups in total. The Morgan fingerprint density at radius 1 is 1.32 bits per heavy atom. The van der Waals surface area contributed by atoms with Crippen LogP contribution in [0.5, 0.6) is 0 Å². The first-order valence-corrected chi connectivity index (χ1v) is 8.96. The molecule has 1 aliphatic heterocycles. The highest BCUT2D eigenvalue weighted by molar-refractivity contribution is 7.99. The Labute approximate surface area is 137 Å². The van der Waals surface area contributed by atoms with Crippen molar-refractivity contribution in [2.45, 2.75) is 6.04 Å². The molecule has 1 fully saturated rings. The van der Waals surface area contributed by atoms with Gasteiger partial charge in [-0.1, -0.05) is 18.2 Å².